The molecule has 3 aromatic carbocycles. The molecule has 0 aliphatic rings. The van der Waals surface area contributed by atoms with Crippen LogP contribution < -0.4 is 0 Å². The topological polar surface area (TPSA) is 38.9 Å². The average molecular weight is 441 g/mol. The summed E-state index contributed by atoms with van der Waals surface area (Å²) in [6, 6.07) is 29.6. The SMILES string of the molecule is Cc1cc(-c2cccc(-c3cccc4c3oc3c(-c5ccccn5)ccc(C)c34)c2)cc(C)n1. The van der Waals surface area contributed by atoms with Gasteiger partial charge in [0.05, 0.1) is 5.69 Å². The van der Waals surface area contributed by atoms with Crippen LogP contribution >= 0.6 is 0 Å². The minimum atomic E-state index is 0.887. The smallest absolute Gasteiger partial charge is 0.145 e. The van der Waals surface area contributed by atoms with Crippen molar-refractivity contribution in [3.63, 3.8) is 0 Å². The normalized spacial score (nSPS) is 11.4. The van der Waals surface area contributed by atoms with E-state index in [0.717, 1.165) is 55.7 Å². The Labute approximate surface area is 198 Å². The summed E-state index contributed by atoms with van der Waals surface area (Å²) >= 11 is 0. The van der Waals surface area contributed by atoms with Gasteiger partial charge in [-0.05, 0) is 79.4 Å². The van der Waals surface area contributed by atoms with E-state index < -0.39 is 0 Å². The summed E-state index contributed by atoms with van der Waals surface area (Å²) in [5, 5.41) is 2.28. The van der Waals surface area contributed by atoms with E-state index in [0.29, 0.717) is 0 Å². The molecule has 3 heteroatoms. The van der Waals surface area contributed by atoms with Crippen LogP contribution in [0.2, 0.25) is 0 Å². The number of rotatable bonds is 3. The molecule has 34 heavy (non-hydrogen) atoms. The fourth-order valence-corrected chi connectivity index (χ4v) is 4.89. The van der Waals surface area contributed by atoms with E-state index in [2.05, 4.69) is 83.6 Å². The number of hydrogen-bond acceptors (Lipinski definition) is 3. The molecule has 6 aromatic rings. The zero-order valence-corrected chi connectivity index (χ0v) is 19.5. The fraction of sp³-hybridized carbons (Fsp3) is 0.0968. The number of furan rings is 1. The molecule has 0 fully saturated rings. The first kappa shape index (κ1) is 20.4. The molecule has 3 aromatic heterocycles. The second-order valence-electron chi connectivity index (χ2n) is 8.85. The molecule has 0 aliphatic heterocycles. The third kappa shape index (κ3) is 3.37. The van der Waals surface area contributed by atoms with Gasteiger partial charge in [0.2, 0.25) is 0 Å². The van der Waals surface area contributed by atoms with E-state index in [-0.39, 0.29) is 0 Å². The van der Waals surface area contributed by atoms with Crippen LogP contribution in [0, 0.1) is 20.8 Å². The fourth-order valence-electron chi connectivity index (χ4n) is 4.89. The Kier molecular flexibility index (Phi) is 4.77. The molecule has 0 N–H and O–H groups in total. The van der Waals surface area contributed by atoms with Gasteiger partial charge in [0, 0.05) is 39.5 Å². The highest BCUT2D eigenvalue weighted by Crippen LogP contribution is 2.41. The van der Waals surface area contributed by atoms with Gasteiger partial charge in [-0.3, -0.25) is 9.97 Å². The predicted molar refractivity (Wildman–Crippen MR) is 140 cm³/mol. The lowest BCUT2D eigenvalue weighted by Gasteiger charge is -2.08. The molecule has 0 aliphatic carbocycles. The summed E-state index contributed by atoms with van der Waals surface area (Å²) in [7, 11) is 0. The number of para-hydroxylation sites is 1. The summed E-state index contributed by atoms with van der Waals surface area (Å²) < 4.78 is 6.64. The summed E-state index contributed by atoms with van der Waals surface area (Å²) in [4.78, 5) is 9.10. The molecule has 3 nitrogen and oxygen atoms in total. The number of benzene rings is 3. The number of nitrogens with zero attached hydrogens (tertiary/aromatic N) is 2. The van der Waals surface area contributed by atoms with Crippen molar-refractivity contribution >= 4 is 21.9 Å². The molecule has 0 amide bonds. The summed E-state index contributed by atoms with van der Waals surface area (Å²) in [6.45, 7) is 6.22. The molecule has 164 valence electrons. The number of hydrogen-bond donors (Lipinski definition) is 0. The summed E-state index contributed by atoms with van der Waals surface area (Å²) in [6.07, 6.45) is 1.82. The Morgan fingerprint density at radius 2 is 1.41 bits per heavy atom. The highest BCUT2D eigenvalue weighted by Gasteiger charge is 2.18. The largest absolute Gasteiger partial charge is 0.455 e. The quantitative estimate of drug-likeness (QED) is 0.278. The molecule has 0 saturated heterocycles. The van der Waals surface area contributed by atoms with Crippen LogP contribution in [-0.4, -0.2) is 9.97 Å². The van der Waals surface area contributed by atoms with Gasteiger partial charge in [-0.1, -0.05) is 48.5 Å². The molecule has 0 radical (unpaired) electrons. The zero-order chi connectivity index (χ0) is 23.2. The first-order chi connectivity index (χ1) is 16.6. The number of pyridine rings is 2. The zero-order valence-electron chi connectivity index (χ0n) is 19.5. The van der Waals surface area contributed by atoms with E-state index in [9.17, 15) is 0 Å². The third-order valence-corrected chi connectivity index (χ3v) is 6.38. The Bertz CT molecular complexity index is 1660. The van der Waals surface area contributed by atoms with E-state index >= 15 is 0 Å². The molecule has 0 unspecified atom stereocenters. The van der Waals surface area contributed by atoms with E-state index in [1.54, 1.807) is 0 Å². The van der Waals surface area contributed by atoms with Gasteiger partial charge in [-0.25, -0.2) is 0 Å². The standard InChI is InChI=1S/C31H24N2O/c1-19-13-14-26(28-12-4-5-15-32-28)31-29(19)27-11-7-10-25(30(27)34-31)23-9-6-8-22(18-23)24-16-20(2)33-21(3)17-24/h4-18H,1-3H3. The van der Waals surface area contributed by atoms with Gasteiger partial charge < -0.3 is 4.42 Å². The second-order valence-corrected chi connectivity index (χ2v) is 8.85. The Hall–Kier alpha value is -4.24. The lowest BCUT2D eigenvalue weighted by Crippen LogP contribution is -1.88. The number of aromatic nitrogens is 2. The van der Waals surface area contributed by atoms with Crippen molar-refractivity contribution in [3.05, 3.63) is 108 Å². The molecule has 0 bridgehead atoms. The van der Waals surface area contributed by atoms with Gasteiger partial charge in [-0.2, -0.15) is 0 Å². The van der Waals surface area contributed by atoms with Crippen molar-refractivity contribution < 1.29 is 4.42 Å². The second kappa shape index (κ2) is 7.96. The molecule has 6 rings (SSSR count). The Balaban J connectivity index is 1.58. The van der Waals surface area contributed by atoms with Crippen LogP contribution in [0.1, 0.15) is 17.0 Å². The van der Waals surface area contributed by atoms with Gasteiger partial charge in [0.15, 0.2) is 0 Å². The highest BCUT2D eigenvalue weighted by atomic mass is 16.3. The molecule has 0 saturated carbocycles. The third-order valence-electron chi connectivity index (χ3n) is 6.38. The van der Waals surface area contributed by atoms with Crippen molar-refractivity contribution in [2.24, 2.45) is 0 Å². The van der Waals surface area contributed by atoms with Gasteiger partial charge in [-0.15, -0.1) is 0 Å². The van der Waals surface area contributed by atoms with Crippen LogP contribution in [0.5, 0.6) is 0 Å². The van der Waals surface area contributed by atoms with Crippen molar-refractivity contribution in [2.75, 3.05) is 0 Å². The maximum Gasteiger partial charge on any atom is 0.145 e. The van der Waals surface area contributed by atoms with Gasteiger partial charge in [0.1, 0.15) is 11.2 Å². The lowest BCUT2D eigenvalue weighted by atomic mass is 9.96. The first-order valence-electron chi connectivity index (χ1n) is 11.5. The Morgan fingerprint density at radius 3 is 2.21 bits per heavy atom. The molecular formula is C31H24N2O. The van der Waals surface area contributed by atoms with Gasteiger partial charge >= 0.3 is 0 Å². The summed E-state index contributed by atoms with van der Waals surface area (Å²) in [5.74, 6) is 0. The molecule has 3 heterocycles. The van der Waals surface area contributed by atoms with Crippen molar-refractivity contribution in [1.82, 2.24) is 9.97 Å². The van der Waals surface area contributed by atoms with E-state index in [1.807, 2.05) is 38.2 Å². The highest BCUT2D eigenvalue weighted by molar-refractivity contribution is 6.14. The maximum atomic E-state index is 6.64. The molecule has 0 spiro atoms. The average Bonchev–Trinajstić information content (AvgIpc) is 3.25. The van der Waals surface area contributed by atoms with Crippen LogP contribution in [0.3, 0.4) is 0 Å². The van der Waals surface area contributed by atoms with Crippen LogP contribution in [-0.2, 0) is 0 Å². The molecule has 0 atom stereocenters. The van der Waals surface area contributed by atoms with Crippen molar-refractivity contribution in [2.45, 2.75) is 20.8 Å². The molecular weight excluding hydrogens is 416 g/mol. The van der Waals surface area contributed by atoms with Gasteiger partial charge in [0.25, 0.3) is 0 Å². The maximum absolute atomic E-state index is 6.64. The van der Waals surface area contributed by atoms with Crippen LogP contribution in [0.4, 0.5) is 0 Å². The van der Waals surface area contributed by atoms with Crippen LogP contribution in [0.15, 0.2) is 95.5 Å². The minimum absolute atomic E-state index is 0.887. The van der Waals surface area contributed by atoms with Crippen molar-refractivity contribution in [3.8, 4) is 33.5 Å². The monoisotopic (exact) mass is 440 g/mol. The summed E-state index contributed by atoms with van der Waals surface area (Å²) in [5.41, 5.74) is 11.5. The van der Waals surface area contributed by atoms with Crippen LogP contribution in [0.25, 0.3) is 55.4 Å². The van der Waals surface area contributed by atoms with E-state index in [4.69, 9.17) is 4.42 Å². The van der Waals surface area contributed by atoms with E-state index in [1.165, 1.54) is 16.7 Å². The predicted octanol–water partition coefficient (Wildman–Crippen LogP) is 8.30. The first-order valence-corrected chi connectivity index (χ1v) is 11.5. The number of fused-ring (bicyclic) bond motifs is 3. The number of aryl methyl sites for hydroxylation is 3. The lowest BCUT2D eigenvalue weighted by molar-refractivity contribution is 0.670. The Morgan fingerprint density at radius 1 is 0.618 bits per heavy atom. The minimum Gasteiger partial charge on any atom is -0.455 e. The van der Waals surface area contributed by atoms with Crippen molar-refractivity contribution in [1.29, 1.82) is 0 Å².